The highest BCUT2D eigenvalue weighted by atomic mass is 19.1. The fourth-order valence-electron chi connectivity index (χ4n) is 1.82. The molecule has 0 saturated heterocycles. The van der Waals surface area contributed by atoms with Crippen LogP contribution in [-0.2, 0) is 6.42 Å². The molecule has 2 aromatic heterocycles. The van der Waals surface area contributed by atoms with Gasteiger partial charge in [0.15, 0.2) is 5.65 Å². The van der Waals surface area contributed by atoms with E-state index >= 15 is 0 Å². The number of nitrogens with zero attached hydrogens (tertiary/aromatic N) is 2. The number of H-pyrrole nitrogens is 1. The lowest BCUT2D eigenvalue weighted by molar-refractivity contribution is 0.574. The van der Waals surface area contributed by atoms with Crippen LogP contribution in [0.3, 0.4) is 0 Å². The van der Waals surface area contributed by atoms with E-state index in [1.54, 1.807) is 12.3 Å². The van der Waals surface area contributed by atoms with E-state index in [0.29, 0.717) is 17.0 Å². The maximum Gasteiger partial charge on any atom is 0.177 e. The van der Waals surface area contributed by atoms with Gasteiger partial charge in [-0.3, -0.25) is 0 Å². The van der Waals surface area contributed by atoms with Crippen molar-refractivity contribution in [3.63, 3.8) is 0 Å². The number of aromatic nitrogens is 3. The fraction of sp³-hybridized carbons (Fsp3) is 0.0769. The molecule has 0 aliphatic rings. The third-order valence-corrected chi connectivity index (χ3v) is 2.68. The van der Waals surface area contributed by atoms with Gasteiger partial charge in [0.1, 0.15) is 17.5 Å². The Labute approximate surface area is 102 Å². The second-order valence-corrected chi connectivity index (χ2v) is 3.97. The van der Waals surface area contributed by atoms with Crippen molar-refractivity contribution in [2.75, 3.05) is 0 Å². The highest BCUT2D eigenvalue weighted by molar-refractivity contribution is 5.69. The molecule has 1 aromatic carbocycles. The minimum absolute atomic E-state index is 0.280. The van der Waals surface area contributed by atoms with Gasteiger partial charge in [0.25, 0.3) is 0 Å². The summed E-state index contributed by atoms with van der Waals surface area (Å²) in [6.07, 6.45) is 1.92. The molecule has 0 fully saturated rings. The quantitative estimate of drug-likeness (QED) is 0.754. The van der Waals surface area contributed by atoms with Gasteiger partial charge in [-0.25, -0.2) is 18.7 Å². The summed E-state index contributed by atoms with van der Waals surface area (Å²) < 4.78 is 26.3. The number of halogens is 2. The van der Waals surface area contributed by atoms with Crippen molar-refractivity contribution < 1.29 is 8.78 Å². The largest absolute Gasteiger partial charge is 0.340 e. The van der Waals surface area contributed by atoms with E-state index in [1.807, 2.05) is 6.07 Å². The van der Waals surface area contributed by atoms with Gasteiger partial charge in [0.05, 0.1) is 5.52 Å². The first-order chi connectivity index (χ1) is 8.72. The highest BCUT2D eigenvalue weighted by Gasteiger charge is 2.08. The van der Waals surface area contributed by atoms with E-state index in [-0.39, 0.29) is 6.42 Å². The van der Waals surface area contributed by atoms with Crippen molar-refractivity contribution in [1.29, 1.82) is 0 Å². The molecule has 0 bridgehead atoms. The Morgan fingerprint density at radius 2 is 2.06 bits per heavy atom. The summed E-state index contributed by atoms with van der Waals surface area (Å²) in [6.45, 7) is 0. The Morgan fingerprint density at radius 1 is 1.17 bits per heavy atom. The van der Waals surface area contributed by atoms with Gasteiger partial charge in [-0.15, -0.1) is 0 Å². The third kappa shape index (κ3) is 1.95. The summed E-state index contributed by atoms with van der Waals surface area (Å²) >= 11 is 0. The zero-order chi connectivity index (χ0) is 12.5. The van der Waals surface area contributed by atoms with Gasteiger partial charge < -0.3 is 4.98 Å². The number of nitrogens with one attached hydrogen (secondary N) is 1. The first-order valence-electron chi connectivity index (χ1n) is 5.46. The first kappa shape index (κ1) is 10.8. The Balaban J connectivity index is 1.96. The first-order valence-corrected chi connectivity index (χ1v) is 5.46. The molecule has 0 atom stereocenters. The molecule has 0 radical (unpaired) electrons. The van der Waals surface area contributed by atoms with Crippen LogP contribution < -0.4 is 0 Å². The van der Waals surface area contributed by atoms with Crippen molar-refractivity contribution in [3.05, 3.63) is 59.6 Å². The van der Waals surface area contributed by atoms with Crippen LogP contribution in [0.25, 0.3) is 11.2 Å². The Hall–Kier alpha value is -2.30. The fourth-order valence-corrected chi connectivity index (χ4v) is 1.82. The SMILES string of the molecule is Fc1ccc(Cc2nc3ncccc3[nH]2)c(F)c1. The van der Waals surface area contributed by atoms with Gasteiger partial charge in [0, 0.05) is 18.7 Å². The van der Waals surface area contributed by atoms with Crippen molar-refractivity contribution in [2.24, 2.45) is 0 Å². The molecule has 0 amide bonds. The topological polar surface area (TPSA) is 41.6 Å². The number of hydrogen-bond donors (Lipinski definition) is 1. The Bertz CT molecular complexity index is 673. The summed E-state index contributed by atoms with van der Waals surface area (Å²) in [7, 11) is 0. The molecular formula is C13H9F2N3. The average Bonchev–Trinajstić information content (AvgIpc) is 2.75. The van der Waals surface area contributed by atoms with E-state index in [9.17, 15) is 8.78 Å². The molecular weight excluding hydrogens is 236 g/mol. The van der Waals surface area contributed by atoms with E-state index < -0.39 is 11.6 Å². The van der Waals surface area contributed by atoms with Crippen LogP contribution in [0, 0.1) is 11.6 Å². The van der Waals surface area contributed by atoms with Crippen molar-refractivity contribution in [1.82, 2.24) is 15.0 Å². The zero-order valence-electron chi connectivity index (χ0n) is 9.32. The molecule has 5 heteroatoms. The van der Waals surface area contributed by atoms with Gasteiger partial charge in [0.2, 0.25) is 0 Å². The van der Waals surface area contributed by atoms with Crippen molar-refractivity contribution >= 4 is 11.2 Å². The smallest absolute Gasteiger partial charge is 0.177 e. The summed E-state index contributed by atoms with van der Waals surface area (Å²) in [5.41, 5.74) is 1.79. The van der Waals surface area contributed by atoms with Crippen LogP contribution in [0.2, 0.25) is 0 Å². The van der Waals surface area contributed by atoms with Gasteiger partial charge >= 0.3 is 0 Å². The molecule has 3 nitrogen and oxygen atoms in total. The van der Waals surface area contributed by atoms with E-state index in [2.05, 4.69) is 15.0 Å². The lowest BCUT2D eigenvalue weighted by Crippen LogP contribution is -1.95. The molecule has 0 aliphatic heterocycles. The summed E-state index contributed by atoms with van der Waals surface area (Å²) in [5.74, 6) is -0.542. The molecule has 90 valence electrons. The highest BCUT2D eigenvalue weighted by Crippen LogP contribution is 2.15. The van der Waals surface area contributed by atoms with Gasteiger partial charge in [-0.2, -0.15) is 0 Å². The molecule has 2 heterocycles. The second kappa shape index (κ2) is 4.18. The second-order valence-electron chi connectivity index (χ2n) is 3.97. The van der Waals surface area contributed by atoms with Gasteiger partial charge in [-0.05, 0) is 23.8 Å². The predicted octanol–water partition coefficient (Wildman–Crippen LogP) is 2.83. The molecule has 1 N–H and O–H groups in total. The minimum atomic E-state index is -0.581. The number of rotatable bonds is 2. The monoisotopic (exact) mass is 245 g/mol. The molecule has 3 aromatic rings. The predicted molar refractivity (Wildman–Crippen MR) is 63.1 cm³/mol. The minimum Gasteiger partial charge on any atom is -0.340 e. The van der Waals surface area contributed by atoms with Crippen LogP contribution in [0.4, 0.5) is 8.78 Å². The molecule has 0 spiro atoms. The molecule has 3 rings (SSSR count). The van der Waals surface area contributed by atoms with Crippen LogP contribution in [0.1, 0.15) is 11.4 Å². The summed E-state index contributed by atoms with van der Waals surface area (Å²) in [6, 6.07) is 7.17. The van der Waals surface area contributed by atoms with E-state index in [1.165, 1.54) is 12.1 Å². The molecule has 0 unspecified atom stereocenters. The van der Waals surface area contributed by atoms with Crippen LogP contribution in [0.5, 0.6) is 0 Å². The number of fused-ring (bicyclic) bond motifs is 1. The zero-order valence-corrected chi connectivity index (χ0v) is 9.32. The third-order valence-electron chi connectivity index (χ3n) is 2.68. The molecule has 0 saturated carbocycles. The number of imidazole rings is 1. The van der Waals surface area contributed by atoms with E-state index in [4.69, 9.17) is 0 Å². The average molecular weight is 245 g/mol. The molecule has 18 heavy (non-hydrogen) atoms. The molecule has 0 aliphatic carbocycles. The van der Waals surface area contributed by atoms with Crippen LogP contribution in [-0.4, -0.2) is 15.0 Å². The van der Waals surface area contributed by atoms with Crippen LogP contribution >= 0.6 is 0 Å². The lowest BCUT2D eigenvalue weighted by Gasteiger charge is -2.00. The van der Waals surface area contributed by atoms with Gasteiger partial charge in [-0.1, -0.05) is 6.07 Å². The summed E-state index contributed by atoms with van der Waals surface area (Å²) in [4.78, 5) is 11.4. The number of aromatic amines is 1. The Kier molecular flexibility index (Phi) is 2.51. The number of hydrogen-bond acceptors (Lipinski definition) is 2. The summed E-state index contributed by atoms with van der Waals surface area (Å²) in [5, 5.41) is 0. The maximum absolute atomic E-state index is 13.5. The lowest BCUT2D eigenvalue weighted by atomic mass is 10.1. The number of benzene rings is 1. The van der Waals surface area contributed by atoms with Crippen LogP contribution in [0.15, 0.2) is 36.5 Å². The van der Waals surface area contributed by atoms with Crippen molar-refractivity contribution in [3.8, 4) is 0 Å². The normalized spacial score (nSPS) is 11.0. The Morgan fingerprint density at radius 3 is 2.83 bits per heavy atom. The standard InChI is InChI=1S/C13H9F2N3/c14-9-4-3-8(10(15)7-9)6-12-17-11-2-1-5-16-13(11)18-12/h1-5,7H,6H2,(H,16,17,18). The van der Waals surface area contributed by atoms with E-state index in [0.717, 1.165) is 11.6 Å². The number of pyridine rings is 1. The van der Waals surface area contributed by atoms with Crippen molar-refractivity contribution in [2.45, 2.75) is 6.42 Å². The maximum atomic E-state index is 13.5.